The number of alkyl halides is 5. The Balaban J connectivity index is 1.57. The van der Waals surface area contributed by atoms with Gasteiger partial charge in [0.2, 0.25) is 5.91 Å². The molecule has 1 aromatic carbocycles. The normalized spacial score (nSPS) is 17.6. The molecule has 9 nitrogen and oxygen atoms in total. The summed E-state index contributed by atoms with van der Waals surface area (Å²) in [7, 11) is 0. The number of aryl methyl sites for hydroxylation is 1. The largest absolute Gasteiger partial charge is 0.505 e. The lowest BCUT2D eigenvalue weighted by Crippen LogP contribution is -2.36. The molecule has 0 bridgehead atoms. The molecule has 0 spiro atoms. The topological polar surface area (TPSA) is 131 Å². The Labute approximate surface area is 209 Å². The van der Waals surface area contributed by atoms with Gasteiger partial charge in [0.1, 0.15) is 22.7 Å². The number of imidazole rings is 1. The first-order chi connectivity index (χ1) is 17.7. The van der Waals surface area contributed by atoms with Gasteiger partial charge in [-0.25, -0.2) is 24.3 Å². The number of carbonyl (C=O) groups is 1. The summed E-state index contributed by atoms with van der Waals surface area (Å²) in [5.74, 6) is -7.43. The van der Waals surface area contributed by atoms with E-state index in [4.69, 9.17) is 5.73 Å². The van der Waals surface area contributed by atoms with Crippen LogP contribution in [0.15, 0.2) is 36.8 Å². The van der Waals surface area contributed by atoms with Crippen LogP contribution < -0.4 is 11.1 Å². The van der Waals surface area contributed by atoms with Gasteiger partial charge in [-0.3, -0.25) is 4.79 Å². The van der Waals surface area contributed by atoms with Crippen molar-refractivity contribution >= 4 is 23.2 Å². The number of anilines is 2. The minimum atomic E-state index is -5.72. The number of nitrogens with two attached hydrogens (primary N) is 1. The van der Waals surface area contributed by atoms with Gasteiger partial charge in [-0.15, -0.1) is 0 Å². The molecule has 198 valence electrons. The second-order valence-electron chi connectivity index (χ2n) is 8.83. The number of halogens is 6. The Bertz CT molecular complexity index is 1600. The van der Waals surface area contributed by atoms with Gasteiger partial charge in [0.15, 0.2) is 23.0 Å². The van der Waals surface area contributed by atoms with Gasteiger partial charge in [-0.2, -0.15) is 22.0 Å². The van der Waals surface area contributed by atoms with Gasteiger partial charge < -0.3 is 20.6 Å². The summed E-state index contributed by atoms with van der Waals surface area (Å²) in [4.78, 5) is 29.6. The molecule has 38 heavy (non-hydrogen) atoms. The molecule has 0 saturated heterocycles. The average Bonchev–Trinajstić information content (AvgIpc) is 3.41. The van der Waals surface area contributed by atoms with E-state index in [9.17, 15) is 36.2 Å². The minimum Gasteiger partial charge on any atom is -0.505 e. The van der Waals surface area contributed by atoms with E-state index in [1.807, 2.05) is 0 Å². The number of rotatable bonds is 5. The Morgan fingerprint density at radius 1 is 1.16 bits per heavy atom. The smallest absolute Gasteiger partial charge is 0.453 e. The fraction of sp³-hybridized carbons (Fsp3) is 0.261. The van der Waals surface area contributed by atoms with E-state index in [0.29, 0.717) is 0 Å². The highest BCUT2D eigenvalue weighted by molar-refractivity contribution is 6.09. The van der Waals surface area contributed by atoms with Gasteiger partial charge >= 0.3 is 12.1 Å². The Morgan fingerprint density at radius 3 is 2.58 bits per heavy atom. The molecule has 4 heterocycles. The third-order valence-corrected chi connectivity index (χ3v) is 6.41. The van der Waals surface area contributed by atoms with E-state index in [1.54, 1.807) is 0 Å². The van der Waals surface area contributed by atoms with Crippen molar-refractivity contribution in [3.05, 3.63) is 59.4 Å². The van der Waals surface area contributed by atoms with Gasteiger partial charge in [0.25, 0.3) is 0 Å². The van der Waals surface area contributed by atoms with Crippen LogP contribution in [-0.2, 0) is 16.6 Å². The van der Waals surface area contributed by atoms with E-state index in [2.05, 4.69) is 25.3 Å². The number of aromatic hydroxyl groups is 1. The zero-order chi connectivity index (χ0) is 27.6. The number of amides is 1. The first-order valence-electron chi connectivity index (χ1n) is 11.0. The zero-order valence-corrected chi connectivity index (χ0v) is 19.3. The molecule has 0 fully saturated rings. The maximum absolute atomic E-state index is 13.6. The van der Waals surface area contributed by atoms with Crippen LogP contribution in [0.25, 0.3) is 17.2 Å². The van der Waals surface area contributed by atoms with E-state index < -0.39 is 47.8 Å². The third-order valence-electron chi connectivity index (χ3n) is 6.41. The number of hydrogen-bond donors (Lipinski definition) is 3. The predicted molar refractivity (Wildman–Crippen MR) is 121 cm³/mol. The SMILES string of the molecule is C[C@@]1(c2ccc(F)c(O)c2)C(=O)Nc2nc(-c3cn4ccnc4c(CCC(F)(F)C(F)(F)F)n3)nc(N)c21. The molecule has 1 aliphatic heterocycles. The van der Waals surface area contributed by atoms with E-state index in [-0.39, 0.29) is 45.6 Å². The number of aromatic nitrogens is 5. The summed E-state index contributed by atoms with van der Waals surface area (Å²) in [6.07, 6.45) is -3.91. The molecular formula is C23H17F6N7O2. The lowest BCUT2D eigenvalue weighted by atomic mass is 9.77. The molecule has 15 heteroatoms. The number of carbonyl (C=O) groups excluding carboxylic acids is 1. The lowest BCUT2D eigenvalue weighted by molar-refractivity contribution is -0.284. The highest BCUT2D eigenvalue weighted by Crippen LogP contribution is 2.46. The van der Waals surface area contributed by atoms with E-state index in [0.717, 1.165) is 12.1 Å². The van der Waals surface area contributed by atoms with Crippen LogP contribution in [0.3, 0.4) is 0 Å². The van der Waals surface area contributed by atoms with Crippen molar-refractivity contribution in [2.24, 2.45) is 0 Å². The summed E-state index contributed by atoms with van der Waals surface area (Å²) in [6.45, 7) is 1.48. The second kappa shape index (κ2) is 8.29. The van der Waals surface area contributed by atoms with Crippen molar-refractivity contribution in [1.29, 1.82) is 0 Å². The molecule has 5 rings (SSSR count). The average molecular weight is 537 g/mol. The third kappa shape index (κ3) is 3.85. The molecular weight excluding hydrogens is 520 g/mol. The maximum atomic E-state index is 13.6. The van der Waals surface area contributed by atoms with Crippen molar-refractivity contribution < 1.29 is 36.2 Å². The summed E-state index contributed by atoms with van der Waals surface area (Å²) < 4.78 is 80.1. The van der Waals surface area contributed by atoms with Crippen molar-refractivity contribution in [3.8, 4) is 17.3 Å². The quantitative estimate of drug-likeness (QED) is 0.328. The van der Waals surface area contributed by atoms with Crippen LogP contribution in [0.5, 0.6) is 5.75 Å². The van der Waals surface area contributed by atoms with Gasteiger partial charge in [-0.1, -0.05) is 6.07 Å². The van der Waals surface area contributed by atoms with E-state index >= 15 is 0 Å². The number of nitrogens with one attached hydrogen (secondary N) is 1. The summed E-state index contributed by atoms with van der Waals surface area (Å²) >= 11 is 0. The van der Waals surface area contributed by atoms with Crippen LogP contribution in [0, 0.1) is 5.82 Å². The first kappa shape index (κ1) is 25.2. The first-order valence-corrected chi connectivity index (χ1v) is 11.0. The zero-order valence-electron chi connectivity index (χ0n) is 19.3. The number of phenolic OH excluding ortho intramolecular Hbond substituents is 1. The highest BCUT2D eigenvalue weighted by atomic mass is 19.4. The number of nitrogen functional groups attached to an aromatic ring is 1. The van der Waals surface area contributed by atoms with E-state index in [1.165, 1.54) is 36.0 Å². The van der Waals surface area contributed by atoms with Gasteiger partial charge in [0.05, 0.1) is 11.3 Å². The van der Waals surface area contributed by atoms with Crippen LogP contribution in [0.2, 0.25) is 0 Å². The van der Waals surface area contributed by atoms with Crippen LogP contribution >= 0.6 is 0 Å². The van der Waals surface area contributed by atoms with Crippen molar-refractivity contribution in [2.45, 2.75) is 37.3 Å². The lowest BCUT2D eigenvalue weighted by Gasteiger charge is -2.23. The minimum absolute atomic E-state index is 0.0125. The van der Waals surface area contributed by atoms with Crippen LogP contribution in [0.1, 0.15) is 30.2 Å². The van der Waals surface area contributed by atoms with Crippen LogP contribution in [-0.4, -0.2) is 47.4 Å². The number of benzene rings is 1. The number of hydrogen-bond acceptors (Lipinski definition) is 7. The number of phenols is 1. The molecule has 3 aromatic heterocycles. The molecule has 0 radical (unpaired) electrons. The molecule has 1 amide bonds. The van der Waals surface area contributed by atoms with Gasteiger partial charge in [-0.05, 0) is 31.0 Å². The molecule has 0 saturated carbocycles. The molecule has 0 unspecified atom stereocenters. The fourth-order valence-corrected chi connectivity index (χ4v) is 4.31. The molecule has 4 aromatic rings. The number of nitrogens with zero attached hydrogens (tertiary/aromatic N) is 5. The summed E-state index contributed by atoms with van der Waals surface area (Å²) in [6, 6.07) is 3.37. The van der Waals surface area contributed by atoms with Gasteiger partial charge in [0, 0.05) is 25.0 Å². The predicted octanol–water partition coefficient (Wildman–Crippen LogP) is 4.00. The Morgan fingerprint density at radius 2 is 1.89 bits per heavy atom. The van der Waals surface area contributed by atoms with Crippen molar-refractivity contribution in [2.75, 3.05) is 11.1 Å². The Kier molecular flexibility index (Phi) is 5.50. The Hall–Kier alpha value is -4.43. The monoisotopic (exact) mass is 537 g/mol. The molecule has 0 aliphatic carbocycles. The fourth-order valence-electron chi connectivity index (χ4n) is 4.31. The highest BCUT2D eigenvalue weighted by Gasteiger charge is 2.56. The maximum Gasteiger partial charge on any atom is 0.453 e. The van der Waals surface area contributed by atoms with Crippen LogP contribution in [0.4, 0.5) is 38.0 Å². The second-order valence-corrected chi connectivity index (χ2v) is 8.83. The standard InChI is InChI=1S/C23H17F6N7O2/c1-21(10-2-3-11(24)14(37)8-10)15-16(30)33-17(34-18(15)35-20(21)38)13-9-36-7-6-31-19(36)12(32-13)4-5-22(25,26)23(27,28)29/h2-3,6-9,37H,4-5H2,1H3,(H3,30,33,34,35,38)/t21-/m0/s1. The summed E-state index contributed by atoms with van der Waals surface area (Å²) in [5.41, 5.74) is 4.93. The molecule has 4 N–H and O–H groups in total. The van der Waals surface area contributed by atoms with Crippen molar-refractivity contribution in [3.63, 3.8) is 0 Å². The summed E-state index contributed by atoms with van der Waals surface area (Å²) in [5, 5.41) is 12.4. The molecule has 1 atom stereocenters. The number of fused-ring (bicyclic) bond motifs is 2. The molecule has 1 aliphatic rings. The van der Waals surface area contributed by atoms with Crippen molar-refractivity contribution in [1.82, 2.24) is 24.3 Å².